The number of rotatable bonds is 17. The summed E-state index contributed by atoms with van der Waals surface area (Å²) in [6, 6.07) is 0. The van der Waals surface area contributed by atoms with Gasteiger partial charge in [0.05, 0.1) is 0 Å². The summed E-state index contributed by atoms with van der Waals surface area (Å²) in [5.41, 5.74) is 1.69. The van der Waals surface area contributed by atoms with E-state index < -0.39 is 18.4 Å². The molecule has 0 rings (SSSR count). The number of allylic oxidation sites excluding steroid dienone is 3. The van der Waals surface area contributed by atoms with Crippen LogP contribution in [-0.2, 0) is 0 Å². The molecule has 0 aromatic carbocycles. The van der Waals surface area contributed by atoms with E-state index in [1.165, 1.54) is 83.9 Å². The van der Waals surface area contributed by atoms with E-state index in [2.05, 4.69) is 59.1 Å². The zero-order valence-electron chi connectivity index (χ0n) is 20.1. The van der Waals surface area contributed by atoms with E-state index in [1.54, 1.807) is 9.16 Å². The molecule has 0 saturated carbocycles. The number of unbranched alkanes of at least 4 members (excludes halogenated alkanes) is 6. The van der Waals surface area contributed by atoms with Crippen molar-refractivity contribution in [3.8, 4) is 11.8 Å². The predicted octanol–water partition coefficient (Wildman–Crippen LogP) is 9.63. The molecule has 0 amide bonds. The molecular formula is C27H50Sn. The predicted molar refractivity (Wildman–Crippen MR) is 134 cm³/mol. The van der Waals surface area contributed by atoms with Crippen LogP contribution in [0.4, 0.5) is 0 Å². The van der Waals surface area contributed by atoms with E-state index in [9.17, 15) is 0 Å². The van der Waals surface area contributed by atoms with Crippen molar-refractivity contribution < 1.29 is 0 Å². The van der Waals surface area contributed by atoms with E-state index in [4.69, 9.17) is 0 Å². The molecule has 0 aromatic heterocycles. The first-order chi connectivity index (χ1) is 13.7. The fraction of sp³-hybridized carbons (Fsp3) is 0.778. The first kappa shape index (κ1) is 27.8. The summed E-state index contributed by atoms with van der Waals surface area (Å²) in [6.07, 6.45) is 18.9. The molecule has 0 aromatic rings. The Morgan fingerprint density at radius 2 is 1.25 bits per heavy atom. The molecule has 0 aliphatic rings. The van der Waals surface area contributed by atoms with Gasteiger partial charge in [-0.05, 0) is 0 Å². The fourth-order valence-electron chi connectivity index (χ4n) is 4.20. The molecule has 0 fully saturated rings. The SMILES string of the molecule is C=CC/C(CCCC)=[C](\C#CCCCC)[Sn]([CH2]CCC)([CH2]CCC)[CH2]CCC. The Morgan fingerprint density at radius 3 is 1.68 bits per heavy atom. The van der Waals surface area contributed by atoms with Crippen LogP contribution in [0.15, 0.2) is 21.8 Å². The van der Waals surface area contributed by atoms with E-state index >= 15 is 0 Å². The van der Waals surface area contributed by atoms with Crippen molar-refractivity contribution in [2.75, 3.05) is 0 Å². The van der Waals surface area contributed by atoms with Gasteiger partial charge in [-0.3, -0.25) is 0 Å². The van der Waals surface area contributed by atoms with E-state index in [0.717, 1.165) is 12.8 Å². The third-order valence-corrected chi connectivity index (χ3v) is 21.6. The Morgan fingerprint density at radius 1 is 0.750 bits per heavy atom. The molecule has 0 N–H and O–H groups in total. The van der Waals surface area contributed by atoms with Crippen molar-refractivity contribution in [1.82, 2.24) is 0 Å². The molecule has 0 aliphatic carbocycles. The molecule has 0 spiro atoms. The van der Waals surface area contributed by atoms with Crippen molar-refractivity contribution in [2.45, 2.75) is 131 Å². The van der Waals surface area contributed by atoms with Crippen LogP contribution in [0.25, 0.3) is 0 Å². The quantitative estimate of drug-likeness (QED) is 0.0819. The Balaban J connectivity index is 6.28. The van der Waals surface area contributed by atoms with E-state index in [0.29, 0.717) is 0 Å². The monoisotopic (exact) mass is 494 g/mol. The van der Waals surface area contributed by atoms with Crippen LogP contribution < -0.4 is 0 Å². The van der Waals surface area contributed by atoms with Gasteiger partial charge in [-0.25, -0.2) is 0 Å². The molecule has 0 radical (unpaired) electrons. The first-order valence-corrected chi connectivity index (χ1v) is 20.0. The summed E-state index contributed by atoms with van der Waals surface area (Å²) < 4.78 is 6.32. The molecule has 162 valence electrons. The molecule has 0 unspecified atom stereocenters. The van der Waals surface area contributed by atoms with Gasteiger partial charge >= 0.3 is 183 Å². The van der Waals surface area contributed by atoms with E-state index in [1.807, 2.05) is 0 Å². The molecule has 0 heterocycles. The van der Waals surface area contributed by atoms with Crippen molar-refractivity contribution in [3.05, 3.63) is 21.8 Å². The normalized spacial score (nSPS) is 12.3. The molecule has 0 aliphatic heterocycles. The summed E-state index contributed by atoms with van der Waals surface area (Å²) in [4.78, 5) is 0. The number of hydrogen-bond donors (Lipinski definition) is 0. The van der Waals surface area contributed by atoms with Crippen LogP contribution in [0.2, 0.25) is 13.3 Å². The Labute approximate surface area is 182 Å². The summed E-state index contributed by atoms with van der Waals surface area (Å²) in [7, 11) is 0. The van der Waals surface area contributed by atoms with Gasteiger partial charge in [0, 0.05) is 0 Å². The van der Waals surface area contributed by atoms with Crippen molar-refractivity contribution in [1.29, 1.82) is 0 Å². The Hall–Kier alpha value is -0.161. The first-order valence-electron chi connectivity index (χ1n) is 12.5. The van der Waals surface area contributed by atoms with Gasteiger partial charge in [0.1, 0.15) is 0 Å². The Bertz CT molecular complexity index is 452. The van der Waals surface area contributed by atoms with Crippen LogP contribution in [0.1, 0.15) is 118 Å². The Kier molecular flexibility index (Phi) is 18.7. The van der Waals surface area contributed by atoms with Gasteiger partial charge in [0.2, 0.25) is 0 Å². The minimum atomic E-state index is -2.48. The van der Waals surface area contributed by atoms with Gasteiger partial charge in [-0.2, -0.15) is 0 Å². The number of hydrogen-bond acceptors (Lipinski definition) is 0. The second-order valence-electron chi connectivity index (χ2n) is 8.57. The summed E-state index contributed by atoms with van der Waals surface area (Å²) in [6.45, 7) is 15.8. The third kappa shape index (κ3) is 11.1. The average Bonchev–Trinajstić information content (AvgIpc) is 2.71. The second-order valence-corrected chi connectivity index (χ2v) is 21.6. The summed E-state index contributed by atoms with van der Waals surface area (Å²) in [5, 5.41) is 0. The van der Waals surface area contributed by atoms with Crippen molar-refractivity contribution >= 4 is 18.4 Å². The molecule has 28 heavy (non-hydrogen) atoms. The summed E-state index contributed by atoms with van der Waals surface area (Å²) in [5.74, 6) is 7.54. The third-order valence-electron chi connectivity index (χ3n) is 6.00. The molecule has 1 heteroatoms. The van der Waals surface area contributed by atoms with E-state index in [-0.39, 0.29) is 0 Å². The molecule has 0 atom stereocenters. The molecule has 0 nitrogen and oxygen atoms in total. The molecule has 0 bridgehead atoms. The van der Waals surface area contributed by atoms with Crippen LogP contribution in [0.3, 0.4) is 0 Å². The minimum absolute atomic E-state index is 1.07. The van der Waals surface area contributed by atoms with Gasteiger partial charge in [0.25, 0.3) is 0 Å². The maximum absolute atomic E-state index is 4.11. The zero-order valence-corrected chi connectivity index (χ0v) is 23.0. The second kappa shape index (κ2) is 18.8. The average molecular weight is 493 g/mol. The zero-order chi connectivity index (χ0) is 21.1. The van der Waals surface area contributed by atoms with Gasteiger partial charge in [0.15, 0.2) is 0 Å². The molecule has 0 saturated heterocycles. The van der Waals surface area contributed by atoms with Gasteiger partial charge in [-0.15, -0.1) is 0 Å². The van der Waals surface area contributed by atoms with Crippen LogP contribution in [-0.4, -0.2) is 18.4 Å². The van der Waals surface area contributed by atoms with Crippen LogP contribution >= 0.6 is 0 Å². The van der Waals surface area contributed by atoms with Crippen molar-refractivity contribution in [3.63, 3.8) is 0 Å². The van der Waals surface area contributed by atoms with Crippen LogP contribution in [0.5, 0.6) is 0 Å². The molecular weight excluding hydrogens is 443 g/mol. The van der Waals surface area contributed by atoms with Crippen molar-refractivity contribution in [2.24, 2.45) is 0 Å². The standard InChI is InChI=1S/C15H23.3C4H9.Sn/c1-4-7-9-10-11-14-15(12-6-3)13-8-5-2;3*1-3-4-2;/h6H,3-5,7-9,12-13H2,1-2H3;3*1,3-4H2,2H3;. The fourth-order valence-corrected chi connectivity index (χ4v) is 21.1. The summed E-state index contributed by atoms with van der Waals surface area (Å²) >= 11 is -2.48. The maximum atomic E-state index is 4.11. The topological polar surface area (TPSA) is 0 Å². The van der Waals surface area contributed by atoms with Gasteiger partial charge < -0.3 is 0 Å². The van der Waals surface area contributed by atoms with Gasteiger partial charge in [-0.1, -0.05) is 0 Å². The van der Waals surface area contributed by atoms with Crippen LogP contribution in [0, 0.1) is 11.8 Å².